The molecule has 2 aromatic rings. The van der Waals surface area contributed by atoms with Crippen molar-refractivity contribution in [2.75, 3.05) is 0 Å². The Labute approximate surface area is 152 Å². The van der Waals surface area contributed by atoms with Gasteiger partial charge in [0.05, 0.1) is 17.5 Å². The van der Waals surface area contributed by atoms with Crippen molar-refractivity contribution in [3.05, 3.63) is 71.3 Å². The number of hydroxylamine groups is 2. The number of thioether (sulfide) groups is 1. The molecule has 2 aliphatic heterocycles. The average Bonchev–Trinajstić information content (AvgIpc) is 3.09. The fourth-order valence-electron chi connectivity index (χ4n) is 2.50. The zero-order valence-electron chi connectivity index (χ0n) is 13.2. The van der Waals surface area contributed by atoms with Gasteiger partial charge in [-0.2, -0.15) is 5.26 Å². The van der Waals surface area contributed by atoms with Crippen LogP contribution in [0.4, 0.5) is 4.39 Å². The van der Waals surface area contributed by atoms with Crippen LogP contribution >= 0.6 is 11.8 Å². The van der Waals surface area contributed by atoms with Crippen LogP contribution < -0.4 is 4.74 Å². The number of halogens is 1. The fraction of sp³-hybridized carbons (Fsp3) is 0.0556. The highest BCUT2D eigenvalue weighted by atomic mass is 32.2. The van der Waals surface area contributed by atoms with Crippen molar-refractivity contribution in [2.45, 2.75) is 5.37 Å². The Hall–Kier alpha value is -3.15. The molecule has 8 heteroatoms. The monoisotopic (exact) mass is 366 g/mol. The predicted molar refractivity (Wildman–Crippen MR) is 95.7 cm³/mol. The molecule has 1 unspecified atom stereocenters. The normalized spacial score (nSPS) is 18.0. The fourth-order valence-corrected chi connectivity index (χ4v) is 3.53. The molecule has 0 amide bonds. The average molecular weight is 366 g/mol. The van der Waals surface area contributed by atoms with Crippen molar-refractivity contribution in [3.63, 3.8) is 0 Å². The molecule has 0 spiro atoms. The van der Waals surface area contributed by atoms with E-state index in [1.165, 1.54) is 30.2 Å². The first-order chi connectivity index (χ1) is 12.7. The number of fused-ring (bicyclic) bond motifs is 1. The van der Waals surface area contributed by atoms with E-state index in [0.717, 1.165) is 5.06 Å². The van der Waals surface area contributed by atoms with Crippen molar-refractivity contribution < 1.29 is 14.3 Å². The summed E-state index contributed by atoms with van der Waals surface area (Å²) in [7, 11) is 0. The summed E-state index contributed by atoms with van der Waals surface area (Å²) >= 11 is 1.34. The Morgan fingerprint density at radius 2 is 2.08 bits per heavy atom. The van der Waals surface area contributed by atoms with Crippen molar-refractivity contribution in [1.82, 2.24) is 5.06 Å². The van der Waals surface area contributed by atoms with E-state index in [0.29, 0.717) is 16.3 Å². The number of aliphatic imine (C=N–C) groups is 2. The van der Waals surface area contributed by atoms with Gasteiger partial charge in [-0.3, -0.25) is 5.21 Å². The number of nitrogens with zero attached hydrogens (tertiary/aromatic N) is 4. The first kappa shape index (κ1) is 16.3. The van der Waals surface area contributed by atoms with Crippen LogP contribution in [0.15, 0.2) is 64.3 Å². The maximum Gasteiger partial charge on any atom is 0.165 e. The first-order valence-corrected chi connectivity index (χ1v) is 8.46. The first-order valence-electron chi connectivity index (χ1n) is 7.58. The summed E-state index contributed by atoms with van der Waals surface area (Å²) in [4.78, 5) is 8.34. The van der Waals surface area contributed by atoms with Gasteiger partial charge in [-0.05, 0) is 30.3 Å². The van der Waals surface area contributed by atoms with Crippen LogP contribution in [0.25, 0.3) is 0 Å². The molecule has 0 saturated heterocycles. The van der Waals surface area contributed by atoms with Gasteiger partial charge in [0.25, 0.3) is 0 Å². The highest BCUT2D eigenvalue weighted by Crippen LogP contribution is 2.37. The molecule has 4 rings (SSSR count). The van der Waals surface area contributed by atoms with Crippen LogP contribution in [0.2, 0.25) is 0 Å². The van der Waals surface area contributed by atoms with E-state index < -0.39 is 5.82 Å². The molecule has 26 heavy (non-hydrogen) atoms. The number of nitriles is 1. The Kier molecular flexibility index (Phi) is 4.16. The predicted octanol–water partition coefficient (Wildman–Crippen LogP) is 3.88. The van der Waals surface area contributed by atoms with Crippen LogP contribution in [0, 0.1) is 17.1 Å². The van der Waals surface area contributed by atoms with Gasteiger partial charge in [-0.15, -0.1) is 0 Å². The lowest BCUT2D eigenvalue weighted by molar-refractivity contribution is -0.0108. The van der Waals surface area contributed by atoms with Crippen LogP contribution in [-0.2, 0) is 0 Å². The second-order valence-electron chi connectivity index (χ2n) is 5.44. The molecule has 1 atom stereocenters. The molecule has 0 bridgehead atoms. The van der Waals surface area contributed by atoms with Crippen LogP contribution in [0.5, 0.6) is 11.5 Å². The van der Waals surface area contributed by atoms with Crippen molar-refractivity contribution >= 4 is 23.1 Å². The summed E-state index contributed by atoms with van der Waals surface area (Å²) in [5.74, 6) is -0.197. The highest BCUT2D eigenvalue weighted by molar-refractivity contribution is 8.15. The smallest absolute Gasteiger partial charge is 0.165 e. The molecular formula is C18H11FN4O2S. The van der Waals surface area contributed by atoms with Gasteiger partial charge in [0, 0.05) is 5.56 Å². The zero-order valence-corrected chi connectivity index (χ0v) is 14.0. The number of hydrogen-bond acceptors (Lipinski definition) is 7. The molecule has 1 N–H and O–H groups in total. The lowest BCUT2D eigenvalue weighted by Gasteiger charge is -2.20. The molecule has 2 aliphatic rings. The van der Waals surface area contributed by atoms with E-state index in [1.54, 1.807) is 36.5 Å². The number of ether oxygens (including phenoxy) is 1. The SMILES string of the molecule is N#Cc1cc(C2=NC3=CN=CN(O)C3S2)ccc1Oc1ccccc1F. The maximum atomic E-state index is 13.8. The molecule has 0 aliphatic carbocycles. The van der Waals surface area contributed by atoms with Crippen molar-refractivity contribution in [3.8, 4) is 17.6 Å². The summed E-state index contributed by atoms with van der Waals surface area (Å²) in [5.41, 5.74) is 1.59. The molecule has 0 saturated carbocycles. The van der Waals surface area contributed by atoms with Gasteiger partial charge >= 0.3 is 0 Å². The summed E-state index contributed by atoms with van der Waals surface area (Å²) in [6.07, 6.45) is 2.89. The molecule has 2 heterocycles. The van der Waals surface area contributed by atoms with E-state index in [4.69, 9.17) is 4.74 Å². The third-order valence-electron chi connectivity index (χ3n) is 3.74. The van der Waals surface area contributed by atoms with E-state index in [1.807, 2.05) is 0 Å². The summed E-state index contributed by atoms with van der Waals surface area (Å²) in [6, 6.07) is 13.0. The number of rotatable bonds is 3. The van der Waals surface area contributed by atoms with E-state index in [-0.39, 0.29) is 22.4 Å². The molecule has 6 nitrogen and oxygen atoms in total. The minimum absolute atomic E-state index is 0.0496. The quantitative estimate of drug-likeness (QED) is 0.891. The summed E-state index contributed by atoms with van der Waals surface area (Å²) in [6.45, 7) is 0. The molecule has 2 aromatic carbocycles. The topological polar surface area (TPSA) is 81.2 Å². The molecule has 0 aromatic heterocycles. The standard InChI is InChI=1S/C18H11FN4O2S/c19-13-3-1-2-4-16(13)25-15-6-5-11(7-12(15)8-20)17-22-14-9-21-10-23(24)18(14)26-17/h1-7,9-10,18,24H. The third-order valence-corrected chi connectivity index (χ3v) is 4.97. The van der Waals surface area contributed by atoms with Gasteiger partial charge in [0.2, 0.25) is 0 Å². The van der Waals surface area contributed by atoms with Gasteiger partial charge in [-0.25, -0.2) is 19.4 Å². The Bertz CT molecular complexity index is 1010. The van der Waals surface area contributed by atoms with Crippen molar-refractivity contribution in [1.29, 1.82) is 5.26 Å². The van der Waals surface area contributed by atoms with E-state index in [2.05, 4.69) is 16.1 Å². The molecule has 0 fully saturated rings. The van der Waals surface area contributed by atoms with E-state index in [9.17, 15) is 14.9 Å². The maximum absolute atomic E-state index is 13.8. The molecular weight excluding hydrogens is 355 g/mol. The number of benzene rings is 2. The second kappa shape index (κ2) is 6.63. The molecule has 128 valence electrons. The largest absolute Gasteiger partial charge is 0.453 e. The van der Waals surface area contributed by atoms with Gasteiger partial charge in [-0.1, -0.05) is 23.9 Å². The van der Waals surface area contributed by atoms with Gasteiger partial charge in [0.15, 0.2) is 16.9 Å². The lowest BCUT2D eigenvalue weighted by atomic mass is 10.1. The van der Waals surface area contributed by atoms with Crippen LogP contribution in [0.3, 0.4) is 0 Å². The molecule has 0 radical (unpaired) electrons. The third kappa shape index (κ3) is 2.94. The van der Waals surface area contributed by atoms with Crippen LogP contribution in [0.1, 0.15) is 11.1 Å². The van der Waals surface area contributed by atoms with Gasteiger partial charge in [0.1, 0.15) is 23.2 Å². The minimum Gasteiger partial charge on any atom is -0.453 e. The Morgan fingerprint density at radius 3 is 2.85 bits per heavy atom. The number of para-hydroxylation sites is 1. The minimum atomic E-state index is -0.504. The van der Waals surface area contributed by atoms with Crippen molar-refractivity contribution in [2.24, 2.45) is 9.98 Å². The zero-order chi connectivity index (χ0) is 18.1. The Balaban J connectivity index is 1.64. The number of hydrogen-bond donors (Lipinski definition) is 1. The summed E-state index contributed by atoms with van der Waals surface area (Å²) < 4.78 is 19.3. The van der Waals surface area contributed by atoms with Gasteiger partial charge < -0.3 is 4.74 Å². The Morgan fingerprint density at radius 1 is 1.23 bits per heavy atom. The second-order valence-corrected chi connectivity index (χ2v) is 6.51. The highest BCUT2D eigenvalue weighted by Gasteiger charge is 2.31. The van der Waals surface area contributed by atoms with E-state index >= 15 is 0 Å². The van der Waals surface area contributed by atoms with Crippen LogP contribution in [-0.4, -0.2) is 27.0 Å². The lowest BCUT2D eigenvalue weighted by Crippen LogP contribution is -2.29. The summed E-state index contributed by atoms with van der Waals surface area (Å²) in [5, 5.41) is 20.5.